The molecule has 2 N–H and O–H groups in total. The molecule has 1 aliphatic heterocycles. The Morgan fingerprint density at radius 1 is 1.24 bits per heavy atom. The Bertz CT molecular complexity index is 794. The maximum Gasteiger partial charge on any atom is 0.317 e. The zero-order chi connectivity index (χ0) is 17.2. The number of fused-ring (bicyclic) bond motifs is 1. The van der Waals surface area contributed by atoms with Crippen LogP contribution in [0.15, 0.2) is 24.3 Å². The summed E-state index contributed by atoms with van der Waals surface area (Å²) >= 11 is 0. The molecule has 3 amide bonds. The summed E-state index contributed by atoms with van der Waals surface area (Å²) in [6.07, 6.45) is 5.49. The molecule has 7 nitrogen and oxygen atoms in total. The first-order valence-corrected chi connectivity index (χ1v) is 9.02. The van der Waals surface area contributed by atoms with Gasteiger partial charge in [0.05, 0.1) is 11.0 Å². The molecule has 0 spiro atoms. The maximum absolute atomic E-state index is 12.5. The van der Waals surface area contributed by atoms with Gasteiger partial charge in [0.25, 0.3) is 0 Å². The Labute approximate surface area is 146 Å². The van der Waals surface area contributed by atoms with Crippen LogP contribution < -0.4 is 10.6 Å². The van der Waals surface area contributed by atoms with Crippen LogP contribution in [0.5, 0.6) is 0 Å². The fourth-order valence-corrected chi connectivity index (χ4v) is 3.83. The number of nitrogens with one attached hydrogen (secondary N) is 2. The monoisotopic (exact) mass is 341 g/mol. The quantitative estimate of drug-likeness (QED) is 0.897. The molecular formula is C18H23N5O2. The van der Waals surface area contributed by atoms with Gasteiger partial charge < -0.3 is 14.8 Å². The Balaban J connectivity index is 1.57. The van der Waals surface area contributed by atoms with Crippen molar-refractivity contribution in [1.82, 2.24) is 19.8 Å². The number of rotatable bonds is 4. The Hall–Kier alpha value is -2.57. The molecule has 0 bridgehead atoms. The van der Waals surface area contributed by atoms with Gasteiger partial charge in [-0.3, -0.25) is 10.1 Å². The molecule has 1 aliphatic carbocycles. The first-order valence-electron chi connectivity index (χ1n) is 9.02. The van der Waals surface area contributed by atoms with Gasteiger partial charge in [-0.2, -0.15) is 0 Å². The van der Waals surface area contributed by atoms with Crippen LogP contribution in [0.2, 0.25) is 0 Å². The highest BCUT2D eigenvalue weighted by atomic mass is 16.2. The van der Waals surface area contributed by atoms with Crippen LogP contribution >= 0.6 is 0 Å². The number of amides is 3. The summed E-state index contributed by atoms with van der Waals surface area (Å²) < 4.78 is 2.16. The standard InChI is InChI=1S/C18H23N5O2/c24-16(12-22-11-5-10-19-18(22)25)21-17-20-14-8-3-4-9-15(14)23(17)13-6-1-2-7-13/h3-4,8-9,13H,1-2,5-7,10-12H2,(H,19,25)(H,20,21,24). The zero-order valence-electron chi connectivity index (χ0n) is 14.2. The van der Waals surface area contributed by atoms with Crippen LogP contribution in [0.25, 0.3) is 11.0 Å². The lowest BCUT2D eigenvalue weighted by atomic mass is 10.2. The van der Waals surface area contributed by atoms with Crippen molar-refractivity contribution in [1.29, 1.82) is 0 Å². The van der Waals surface area contributed by atoms with Gasteiger partial charge in [0.15, 0.2) is 0 Å². The third-order valence-electron chi connectivity index (χ3n) is 5.04. The second-order valence-electron chi connectivity index (χ2n) is 6.79. The van der Waals surface area contributed by atoms with Crippen LogP contribution in [0.4, 0.5) is 10.7 Å². The van der Waals surface area contributed by atoms with Gasteiger partial charge in [-0.25, -0.2) is 9.78 Å². The first-order chi connectivity index (χ1) is 12.2. The van der Waals surface area contributed by atoms with Crippen molar-refractivity contribution in [2.75, 3.05) is 25.0 Å². The molecule has 4 rings (SSSR count). The minimum absolute atomic E-state index is 0.0553. The Kier molecular flexibility index (Phi) is 4.29. The highest BCUT2D eigenvalue weighted by Crippen LogP contribution is 2.35. The van der Waals surface area contributed by atoms with Crippen LogP contribution in [-0.4, -0.2) is 46.0 Å². The van der Waals surface area contributed by atoms with E-state index in [0.717, 1.165) is 30.3 Å². The molecule has 0 unspecified atom stereocenters. The van der Waals surface area contributed by atoms with Gasteiger partial charge in [0, 0.05) is 19.1 Å². The fourth-order valence-electron chi connectivity index (χ4n) is 3.83. The van der Waals surface area contributed by atoms with E-state index < -0.39 is 0 Å². The van der Waals surface area contributed by atoms with Gasteiger partial charge in [-0.1, -0.05) is 25.0 Å². The van der Waals surface area contributed by atoms with Crippen molar-refractivity contribution in [2.45, 2.75) is 38.1 Å². The van der Waals surface area contributed by atoms with Gasteiger partial charge >= 0.3 is 6.03 Å². The average Bonchev–Trinajstić information content (AvgIpc) is 3.23. The van der Waals surface area contributed by atoms with E-state index in [9.17, 15) is 9.59 Å². The summed E-state index contributed by atoms with van der Waals surface area (Å²) in [5.41, 5.74) is 1.95. The van der Waals surface area contributed by atoms with E-state index in [1.165, 1.54) is 12.8 Å². The zero-order valence-corrected chi connectivity index (χ0v) is 14.2. The summed E-state index contributed by atoms with van der Waals surface area (Å²) in [7, 11) is 0. The molecule has 132 valence electrons. The van der Waals surface area contributed by atoms with E-state index in [4.69, 9.17) is 0 Å². The van der Waals surface area contributed by atoms with Crippen molar-refractivity contribution >= 4 is 28.9 Å². The molecule has 1 saturated heterocycles. The van der Waals surface area contributed by atoms with Crippen molar-refractivity contribution in [3.8, 4) is 0 Å². The highest BCUT2D eigenvalue weighted by Gasteiger charge is 2.25. The average molecular weight is 341 g/mol. The molecule has 1 saturated carbocycles. The topological polar surface area (TPSA) is 79.3 Å². The van der Waals surface area contributed by atoms with E-state index in [1.54, 1.807) is 4.90 Å². The molecule has 1 aromatic carbocycles. The van der Waals surface area contributed by atoms with E-state index in [0.29, 0.717) is 25.1 Å². The number of carbonyl (C=O) groups is 2. The molecule has 2 fully saturated rings. The number of hydrogen-bond acceptors (Lipinski definition) is 3. The SMILES string of the molecule is O=C(CN1CCCNC1=O)Nc1nc2ccccc2n1C1CCCC1. The molecule has 2 aliphatic rings. The van der Waals surface area contributed by atoms with E-state index in [-0.39, 0.29) is 18.5 Å². The number of anilines is 1. The summed E-state index contributed by atoms with van der Waals surface area (Å²) in [6.45, 7) is 1.34. The van der Waals surface area contributed by atoms with Crippen LogP contribution in [-0.2, 0) is 4.79 Å². The lowest BCUT2D eigenvalue weighted by molar-refractivity contribution is -0.116. The second-order valence-corrected chi connectivity index (χ2v) is 6.79. The van der Waals surface area contributed by atoms with E-state index in [2.05, 4.69) is 20.2 Å². The Morgan fingerprint density at radius 3 is 2.84 bits per heavy atom. The molecule has 25 heavy (non-hydrogen) atoms. The Morgan fingerprint density at radius 2 is 2.04 bits per heavy atom. The number of hydrogen-bond donors (Lipinski definition) is 2. The van der Waals surface area contributed by atoms with E-state index >= 15 is 0 Å². The van der Waals surface area contributed by atoms with Gasteiger partial charge in [-0.05, 0) is 31.4 Å². The van der Waals surface area contributed by atoms with Gasteiger partial charge in [0.2, 0.25) is 11.9 Å². The number of urea groups is 1. The van der Waals surface area contributed by atoms with E-state index in [1.807, 2.05) is 24.3 Å². The summed E-state index contributed by atoms with van der Waals surface area (Å²) in [4.78, 5) is 30.5. The third kappa shape index (κ3) is 3.18. The highest BCUT2D eigenvalue weighted by molar-refractivity contribution is 5.94. The predicted octanol–water partition coefficient (Wildman–Crippen LogP) is 2.51. The van der Waals surface area contributed by atoms with Crippen molar-refractivity contribution in [3.63, 3.8) is 0 Å². The van der Waals surface area contributed by atoms with Crippen LogP contribution in [0.3, 0.4) is 0 Å². The third-order valence-corrected chi connectivity index (χ3v) is 5.04. The molecule has 7 heteroatoms. The van der Waals surface area contributed by atoms with Gasteiger partial charge in [-0.15, -0.1) is 0 Å². The number of para-hydroxylation sites is 2. The minimum atomic E-state index is -0.202. The minimum Gasteiger partial charge on any atom is -0.338 e. The second kappa shape index (κ2) is 6.74. The molecular weight excluding hydrogens is 318 g/mol. The molecule has 2 heterocycles. The number of carbonyl (C=O) groups excluding carboxylic acids is 2. The first kappa shape index (κ1) is 15.9. The number of aromatic nitrogens is 2. The number of benzene rings is 1. The van der Waals surface area contributed by atoms with Crippen molar-refractivity contribution in [2.24, 2.45) is 0 Å². The largest absolute Gasteiger partial charge is 0.338 e. The number of imidazole rings is 1. The predicted molar refractivity (Wildman–Crippen MR) is 95.5 cm³/mol. The molecule has 2 aromatic rings. The van der Waals surface area contributed by atoms with Crippen molar-refractivity contribution in [3.05, 3.63) is 24.3 Å². The van der Waals surface area contributed by atoms with Gasteiger partial charge in [0.1, 0.15) is 6.54 Å². The van der Waals surface area contributed by atoms with Crippen LogP contribution in [0.1, 0.15) is 38.1 Å². The van der Waals surface area contributed by atoms with Crippen molar-refractivity contribution < 1.29 is 9.59 Å². The smallest absolute Gasteiger partial charge is 0.317 e. The summed E-state index contributed by atoms with van der Waals surface area (Å²) in [5, 5.41) is 5.70. The fraction of sp³-hybridized carbons (Fsp3) is 0.500. The molecule has 1 aromatic heterocycles. The van der Waals surface area contributed by atoms with Crippen LogP contribution in [0, 0.1) is 0 Å². The molecule has 0 atom stereocenters. The molecule has 0 radical (unpaired) electrons. The lowest BCUT2D eigenvalue weighted by Gasteiger charge is -2.26. The summed E-state index contributed by atoms with van der Waals surface area (Å²) in [5.74, 6) is 0.391. The number of nitrogens with zero attached hydrogens (tertiary/aromatic N) is 3. The normalized spacial score (nSPS) is 18.6. The summed E-state index contributed by atoms with van der Waals surface area (Å²) in [6, 6.07) is 8.17. The lowest BCUT2D eigenvalue weighted by Crippen LogP contribution is -2.49. The maximum atomic E-state index is 12.5.